The summed E-state index contributed by atoms with van der Waals surface area (Å²) in [6.07, 6.45) is 6.87. The molecule has 7 heteroatoms. The molecule has 2 aromatic rings. The number of nitrogens with zero attached hydrogens (tertiary/aromatic N) is 1. The van der Waals surface area contributed by atoms with Crippen LogP contribution in [0.15, 0.2) is 59.8 Å². The van der Waals surface area contributed by atoms with Gasteiger partial charge >= 0.3 is 5.97 Å². The summed E-state index contributed by atoms with van der Waals surface area (Å²) < 4.78 is 31.6. The van der Waals surface area contributed by atoms with Gasteiger partial charge in [-0.3, -0.25) is 4.98 Å². The molecule has 132 valence electrons. The van der Waals surface area contributed by atoms with E-state index in [1.54, 1.807) is 36.7 Å². The summed E-state index contributed by atoms with van der Waals surface area (Å²) in [4.78, 5) is 15.8. The van der Waals surface area contributed by atoms with Crippen molar-refractivity contribution in [1.82, 2.24) is 9.71 Å². The number of hydrogen-bond donors (Lipinski definition) is 1. The van der Waals surface area contributed by atoms with Gasteiger partial charge in [0.05, 0.1) is 4.90 Å². The highest BCUT2D eigenvalue weighted by molar-refractivity contribution is 7.89. The first-order valence-corrected chi connectivity index (χ1v) is 9.33. The van der Waals surface area contributed by atoms with Crippen molar-refractivity contribution in [2.24, 2.45) is 0 Å². The van der Waals surface area contributed by atoms with Crippen LogP contribution in [0.4, 0.5) is 0 Å². The first-order chi connectivity index (χ1) is 12.0. The minimum Gasteiger partial charge on any atom is -0.458 e. The van der Waals surface area contributed by atoms with Crippen molar-refractivity contribution >= 4 is 22.1 Å². The van der Waals surface area contributed by atoms with Crippen LogP contribution in [0.2, 0.25) is 0 Å². The summed E-state index contributed by atoms with van der Waals surface area (Å²) >= 11 is 0. The molecule has 1 aromatic heterocycles. The fourth-order valence-electron chi connectivity index (χ4n) is 1.93. The monoisotopic (exact) mass is 360 g/mol. The molecule has 1 N–H and O–H groups in total. The lowest BCUT2D eigenvalue weighted by molar-refractivity contribution is -0.138. The molecule has 2 rings (SSSR count). The largest absolute Gasteiger partial charge is 0.458 e. The van der Waals surface area contributed by atoms with Crippen LogP contribution in [-0.2, 0) is 26.2 Å². The van der Waals surface area contributed by atoms with Gasteiger partial charge in [0, 0.05) is 30.6 Å². The number of rotatable bonds is 8. The fourth-order valence-corrected chi connectivity index (χ4v) is 3.06. The number of carbonyl (C=O) groups is 1. The molecule has 0 aliphatic carbocycles. The molecule has 0 aliphatic heterocycles. The molecule has 1 heterocycles. The summed E-state index contributed by atoms with van der Waals surface area (Å²) in [7, 11) is -3.48. The van der Waals surface area contributed by atoms with Crippen molar-refractivity contribution < 1.29 is 17.9 Å². The van der Waals surface area contributed by atoms with Crippen LogP contribution in [0.1, 0.15) is 24.5 Å². The number of benzene rings is 1. The highest BCUT2D eigenvalue weighted by Gasteiger charge is 2.12. The van der Waals surface area contributed by atoms with Gasteiger partial charge in [-0.2, -0.15) is 0 Å². The van der Waals surface area contributed by atoms with E-state index in [1.807, 2.05) is 13.0 Å². The third-order valence-electron chi connectivity index (χ3n) is 3.25. The molecule has 0 radical (unpaired) electrons. The van der Waals surface area contributed by atoms with E-state index in [1.165, 1.54) is 18.2 Å². The van der Waals surface area contributed by atoms with E-state index >= 15 is 0 Å². The van der Waals surface area contributed by atoms with Crippen molar-refractivity contribution in [3.8, 4) is 0 Å². The van der Waals surface area contributed by atoms with E-state index < -0.39 is 16.0 Å². The predicted octanol–water partition coefficient (Wildman–Crippen LogP) is 2.53. The number of hydrogen-bond acceptors (Lipinski definition) is 5. The minimum atomic E-state index is -3.48. The Morgan fingerprint density at radius 3 is 2.64 bits per heavy atom. The van der Waals surface area contributed by atoms with E-state index in [4.69, 9.17) is 4.74 Å². The number of ether oxygens (including phenoxy) is 1. The Morgan fingerprint density at radius 2 is 2.00 bits per heavy atom. The van der Waals surface area contributed by atoms with Gasteiger partial charge in [0.25, 0.3) is 0 Å². The Balaban J connectivity index is 1.91. The zero-order chi connectivity index (χ0) is 18.1. The zero-order valence-electron chi connectivity index (χ0n) is 13.9. The molecule has 1 aromatic carbocycles. The quantitative estimate of drug-likeness (QED) is 0.577. The molecular formula is C18H20N2O4S. The number of esters is 1. The van der Waals surface area contributed by atoms with Crippen LogP contribution < -0.4 is 4.72 Å². The van der Waals surface area contributed by atoms with E-state index in [0.29, 0.717) is 12.1 Å². The maximum Gasteiger partial charge on any atom is 0.331 e. The van der Waals surface area contributed by atoms with Gasteiger partial charge in [-0.1, -0.05) is 25.1 Å². The average Bonchev–Trinajstić information content (AvgIpc) is 2.64. The molecule has 0 saturated carbocycles. The second-order valence-corrected chi connectivity index (χ2v) is 7.04. The van der Waals surface area contributed by atoms with Crippen LogP contribution >= 0.6 is 0 Å². The van der Waals surface area contributed by atoms with Crippen LogP contribution in [-0.4, -0.2) is 25.9 Å². The number of pyridine rings is 1. The molecule has 0 spiro atoms. The van der Waals surface area contributed by atoms with Crippen molar-refractivity contribution in [2.75, 3.05) is 6.54 Å². The normalized spacial score (nSPS) is 11.6. The third kappa shape index (κ3) is 6.13. The van der Waals surface area contributed by atoms with Crippen molar-refractivity contribution in [1.29, 1.82) is 0 Å². The summed E-state index contributed by atoms with van der Waals surface area (Å²) in [5.74, 6) is -0.481. The second-order valence-electron chi connectivity index (χ2n) is 5.27. The standard InChI is InChI=1S/C18H20N2O4S/c1-2-11-20-25(22,23)17-8-5-15(6-9-17)7-10-18(21)24-14-16-4-3-12-19-13-16/h3-10,12-13,20H,2,11,14H2,1H3/b10-7+. The smallest absolute Gasteiger partial charge is 0.331 e. The predicted molar refractivity (Wildman–Crippen MR) is 95.0 cm³/mol. The number of aromatic nitrogens is 1. The van der Waals surface area contributed by atoms with E-state index in [2.05, 4.69) is 9.71 Å². The minimum absolute atomic E-state index is 0.150. The molecule has 25 heavy (non-hydrogen) atoms. The second kappa shape index (κ2) is 9.10. The van der Waals surface area contributed by atoms with Gasteiger partial charge in [-0.05, 0) is 36.3 Å². The molecule has 0 saturated heterocycles. The van der Waals surface area contributed by atoms with Gasteiger partial charge in [-0.15, -0.1) is 0 Å². The third-order valence-corrected chi connectivity index (χ3v) is 4.73. The fraction of sp³-hybridized carbons (Fsp3) is 0.222. The Morgan fingerprint density at radius 1 is 1.24 bits per heavy atom. The Kier molecular flexibility index (Phi) is 6.85. The summed E-state index contributed by atoms with van der Waals surface area (Å²) in [5.41, 5.74) is 1.51. The van der Waals surface area contributed by atoms with Crippen LogP contribution in [0.5, 0.6) is 0 Å². The van der Waals surface area contributed by atoms with E-state index in [0.717, 1.165) is 12.0 Å². The van der Waals surface area contributed by atoms with Crippen LogP contribution in [0.25, 0.3) is 6.08 Å². The lowest BCUT2D eigenvalue weighted by atomic mass is 10.2. The van der Waals surface area contributed by atoms with Gasteiger partial charge in [0.15, 0.2) is 0 Å². The molecule has 0 fully saturated rings. The first kappa shape index (κ1) is 18.8. The number of nitrogens with one attached hydrogen (secondary N) is 1. The molecular weight excluding hydrogens is 340 g/mol. The Labute approximate surface area is 147 Å². The maximum atomic E-state index is 12.0. The maximum absolute atomic E-state index is 12.0. The van der Waals surface area contributed by atoms with Gasteiger partial charge < -0.3 is 4.74 Å². The topological polar surface area (TPSA) is 85.4 Å². The highest BCUT2D eigenvalue weighted by atomic mass is 32.2. The molecule has 0 bridgehead atoms. The molecule has 0 atom stereocenters. The molecule has 6 nitrogen and oxygen atoms in total. The number of carbonyl (C=O) groups excluding carboxylic acids is 1. The van der Waals surface area contributed by atoms with Crippen LogP contribution in [0, 0.1) is 0 Å². The Bertz CT molecular complexity index is 816. The molecule has 0 aliphatic rings. The SMILES string of the molecule is CCCNS(=O)(=O)c1ccc(/C=C/C(=O)OCc2cccnc2)cc1. The van der Waals surface area contributed by atoms with Crippen molar-refractivity contribution in [2.45, 2.75) is 24.8 Å². The van der Waals surface area contributed by atoms with Crippen LogP contribution in [0.3, 0.4) is 0 Å². The van der Waals surface area contributed by atoms with E-state index in [-0.39, 0.29) is 11.5 Å². The zero-order valence-corrected chi connectivity index (χ0v) is 14.7. The first-order valence-electron chi connectivity index (χ1n) is 7.85. The Hall–Kier alpha value is -2.51. The number of sulfonamides is 1. The molecule has 0 unspecified atom stereocenters. The summed E-state index contributed by atoms with van der Waals surface area (Å²) in [5, 5.41) is 0. The van der Waals surface area contributed by atoms with E-state index in [9.17, 15) is 13.2 Å². The molecule has 0 amide bonds. The highest BCUT2D eigenvalue weighted by Crippen LogP contribution is 2.12. The van der Waals surface area contributed by atoms with Gasteiger partial charge in [0.1, 0.15) is 6.61 Å². The van der Waals surface area contributed by atoms with Crippen molar-refractivity contribution in [3.63, 3.8) is 0 Å². The van der Waals surface area contributed by atoms with Crippen molar-refractivity contribution in [3.05, 3.63) is 66.0 Å². The lowest BCUT2D eigenvalue weighted by Crippen LogP contribution is -2.24. The summed E-state index contributed by atoms with van der Waals surface area (Å²) in [6.45, 7) is 2.44. The average molecular weight is 360 g/mol. The van der Waals surface area contributed by atoms with Gasteiger partial charge in [-0.25, -0.2) is 17.9 Å². The summed E-state index contributed by atoms with van der Waals surface area (Å²) in [6, 6.07) is 9.84. The lowest BCUT2D eigenvalue weighted by Gasteiger charge is -2.05. The van der Waals surface area contributed by atoms with Gasteiger partial charge in [0.2, 0.25) is 10.0 Å².